The van der Waals surface area contributed by atoms with Gasteiger partial charge in [0.25, 0.3) is 0 Å². The van der Waals surface area contributed by atoms with Crippen LogP contribution in [-0.2, 0) is 9.47 Å². The summed E-state index contributed by atoms with van der Waals surface area (Å²) < 4.78 is 11.3. The van der Waals surface area contributed by atoms with Gasteiger partial charge in [-0.15, -0.1) is 0 Å². The Morgan fingerprint density at radius 1 is 0.880 bits per heavy atom. The Hall–Kier alpha value is -0.160. The second-order valence-electron chi connectivity index (χ2n) is 8.22. The molecule has 1 aliphatic rings. The first-order valence-electron chi connectivity index (χ1n) is 10.6. The minimum Gasteiger partial charge on any atom is -0.393 e. The molecule has 0 amide bonds. The summed E-state index contributed by atoms with van der Waals surface area (Å²) in [5.41, 5.74) is -1.17. The molecule has 1 saturated heterocycles. The number of hydrogen-bond acceptors (Lipinski definition) is 4. The summed E-state index contributed by atoms with van der Waals surface area (Å²) in [4.78, 5) is 0. The molecule has 1 fully saturated rings. The van der Waals surface area contributed by atoms with Crippen LogP contribution in [0.25, 0.3) is 0 Å². The van der Waals surface area contributed by atoms with Gasteiger partial charge < -0.3 is 19.7 Å². The van der Waals surface area contributed by atoms with E-state index >= 15 is 0 Å². The van der Waals surface area contributed by atoms with Gasteiger partial charge in [-0.1, -0.05) is 84.0 Å². The van der Waals surface area contributed by atoms with Crippen LogP contribution in [0.5, 0.6) is 0 Å². The summed E-state index contributed by atoms with van der Waals surface area (Å²) in [5.74, 6) is -0.662. The number of rotatable bonds is 15. The van der Waals surface area contributed by atoms with Crippen molar-refractivity contribution < 1.29 is 19.7 Å². The number of aliphatic hydroxyl groups is 2. The first-order valence-corrected chi connectivity index (χ1v) is 10.6. The Bertz CT molecular complexity index is 332. The molecule has 1 heterocycles. The Balaban J connectivity index is 2.01. The second-order valence-corrected chi connectivity index (χ2v) is 8.22. The summed E-state index contributed by atoms with van der Waals surface area (Å²) >= 11 is 0. The molecule has 0 spiro atoms. The fourth-order valence-electron chi connectivity index (χ4n) is 3.57. The fraction of sp³-hybridized carbons (Fsp3) is 1.00. The van der Waals surface area contributed by atoms with Gasteiger partial charge in [0.1, 0.15) is 11.7 Å². The summed E-state index contributed by atoms with van der Waals surface area (Å²) in [5, 5.41) is 20.3. The Labute approximate surface area is 155 Å². The molecule has 0 unspecified atom stereocenters. The lowest BCUT2D eigenvalue weighted by molar-refractivity contribution is -0.179. The molecule has 1 rings (SSSR count). The van der Waals surface area contributed by atoms with Crippen molar-refractivity contribution in [2.24, 2.45) is 0 Å². The van der Waals surface area contributed by atoms with Gasteiger partial charge in [0.05, 0.1) is 13.2 Å². The predicted molar refractivity (Wildman–Crippen MR) is 103 cm³/mol. The summed E-state index contributed by atoms with van der Waals surface area (Å²) in [6, 6.07) is 0. The zero-order chi connectivity index (χ0) is 18.6. The van der Waals surface area contributed by atoms with Crippen LogP contribution in [0.4, 0.5) is 0 Å². The van der Waals surface area contributed by atoms with Crippen molar-refractivity contribution in [3.8, 4) is 0 Å². The van der Waals surface area contributed by atoms with Crippen LogP contribution in [0.15, 0.2) is 0 Å². The third-order valence-corrected chi connectivity index (χ3v) is 5.34. The molecule has 0 saturated carbocycles. The van der Waals surface area contributed by atoms with E-state index in [1.807, 2.05) is 13.8 Å². The normalized spacial score (nSPS) is 22.2. The van der Waals surface area contributed by atoms with Crippen LogP contribution in [0, 0.1) is 0 Å². The topological polar surface area (TPSA) is 58.9 Å². The maximum absolute atomic E-state index is 10.7. The Morgan fingerprint density at radius 3 is 1.76 bits per heavy atom. The predicted octanol–water partition coefficient (Wildman–Crippen LogP) is 4.95. The van der Waals surface area contributed by atoms with Crippen molar-refractivity contribution in [1.29, 1.82) is 0 Å². The molecule has 4 nitrogen and oxygen atoms in total. The maximum atomic E-state index is 10.7. The van der Waals surface area contributed by atoms with Gasteiger partial charge in [-0.05, 0) is 20.3 Å². The lowest BCUT2D eigenvalue weighted by Crippen LogP contribution is -2.47. The van der Waals surface area contributed by atoms with E-state index in [-0.39, 0.29) is 6.61 Å². The van der Waals surface area contributed by atoms with Crippen LogP contribution in [0.2, 0.25) is 0 Å². The average molecular weight is 359 g/mol. The third-order valence-electron chi connectivity index (χ3n) is 5.34. The minimum atomic E-state index is -1.17. The fourth-order valence-corrected chi connectivity index (χ4v) is 3.57. The van der Waals surface area contributed by atoms with Crippen LogP contribution in [0.1, 0.15) is 104 Å². The molecule has 0 aromatic carbocycles. The van der Waals surface area contributed by atoms with Gasteiger partial charge in [0, 0.05) is 0 Å². The van der Waals surface area contributed by atoms with E-state index < -0.39 is 17.5 Å². The highest BCUT2D eigenvalue weighted by Gasteiger charge is 2.45. The SMILES string of the molecule is CCCCCCCCCCCCCC[C@](O)(CO)[C@@H]1COC(C)(C)O1. The highest BCUT2D eigenvalue weighted by molar-refractivity contribution is 4.91. The zero-order valence-corrected chi connectivity index (χ0v) is 16.9. The van der Waals surface area contributed by atoms with Crippen molar-refractivity contribution in [1.82, 2.24) is 0 Å². The van der Waals surface area contributed by atoms with Crippen LogP contribution in [-0.4, -0.2) is 40.9 Å². The van der Waals surface area contributed by atoms with Crippen LogP contribution in [0.3, 0.4) is 0 Å². The van der Waals surface area contributed by atoms with E-state index in [0.29, 0.717) is 13.0 Å². The van der Waals surface area contributed by atoms with E-state index in [9.17, 15) is 10.2 Å². The number of hydrogen-bond donors (Lipinski definition) is 2. The van der Waals surface area contributed by atoms with Crippen molar-refractivity contribution in [2.45, 2.75) is 122 Å². The summed E-state index contributed by atoms with van der Waals surface area (Å²) in [6.45, 7) is 6.03. The van der Waals surface area contributed by atoms with E-state index in [2.05, 4.69) is 6.92 Å². The quantitative estimate of drug-likeness (QED) is 0.407. The lowest BCUT2D eigenvalue weighted by atomic mass is 9.91. The van der Waals surface area contributed by atoms with Gasteiger partial charge >= 0.3 is 0 Å². The standard InChI is InChI=1S/C21H42O4/c1-4-5-6-7-8-9-10-11-12-13-14-15-16-21(23,18-22)19-17-24-20(2,3)25-19/h19,22-23H,4-18H2,1-3H3/t19-,21-/m0/s1. The summed E-state index contributed by atoms with van der Waals surface area (Å²) in [7, 11) is 0. The van der Waals surface area contributed by atoms with Crippen molar-refractivity contribution in [3.05, 3.63) is 0 Å². The molecule has 0 aromatic rings. The van der Waals surface area contributed by atoms with E-state index in [4.69, 9.17) is 9.47 Å². The first-order chi connectivity index (χ1) is 11.9. The minimum absolute atomic E-state index is 0.269. The van der Waals surface area contributed by atoms with Gasteiger partial charge in [0.15, 0.2) is 5.79 Å². The molecule has 2 N–H and O–H groups in total. The second kappa shape index (κ2) is 12.3. The monoisotopic (exact) mass is 358 g/mol. The van der Waals surface area contributed by atoms with E-state index in [1.54, 1.807) is 0 Å². The van der Waals surface area contributed by atoms with Crippen LogP contribution < -0.4 is 0 Å². The van der Waals surface area contributed by atoms with Crippen LogP contribution >= 0.6 is 0 Å². The molecule has 1 aliphatic heterocycles. The first kappa shape index (κ1) is 22.9. The zero-order valence-electron chi connectivity index (χ0n) is 16.9. The molecule has 0 radical (unpaired) electrons. The van der Waals surface area contributed by atoms with Gasteiger partial charge in [0.2, 0.25) is 0 Å². The van der Waals surface area contributed by atoms with E-state index in [0.717, 1.165) is 12.8 Å². The lowest BCUT2D eigenvalue weighted by Gasteiger charge is -2.31. The Kier molecular flexibility index (Phi) is 11.2. The molecule has 0 aromatic heterocycles. The highest BCUT2D eigenvalue weighted by atomic mass is 16.7. The van der Waals surface area contributed by atoms with Crippen molar-refractivity contribution >= 4 is 0 Å². The number of unbranched alkanes of at least 4 members (excludes halogenated alkanes) is 11. The molecule has 0 bridgehead atoms. The third kappa shape index (κ3) is 9.37. The molecule has 2 atom stereocenters. The highest BCUT2D eigenvalue weighted by Crippen LogP contribution is 2.32. The largest absolute Gasteiger partial charge is 0.393 e. The van der Waals surface area contributed by atoms with Crippen molar-refractivity contribution in [3.63, 3.8) is 0 Å². The van der Waals surface area contributed by atoms with Gasteiger partial charge in [-0.2, -0.15) is 0 Å². The molecular weight excluding hydrogens is 316 g/mol. The van der Waals surface area contributed by atoms with Gasteiger partial charge in [-0.3, -0.25) is 0 Å². The van der Waals surface area contributed by atoms with E-state index in [1.165, 1.54) is 64.2 Å². The molecule has 4 heteroatoms. The smallest absolute Gasteiger partial charge is 0.163 e. The molecule has 0 aliphatic carbocycles. The van der Waals surface area contributed by atoms with Gasteiger partial charge in [-0.25, -0.2) is 0 Å². The number of aliphatic hydroxyl groups excluding tert-OH is 1. The average Bonchev–Trinajstić information content (AvgIpc) is 2.96. The maximum Gasteiger partial charge on any atom is 0.163 e. The Morgan fingerprint density at radius 2 is 1.36 bits per heavy atom. The van der Waals surface area contributed by atoms with Crippen molar-refractivity contribution in [2.75, 3.05) is 13.2 Å². The number of ether oxygens (including phenoxy) is 2. The molecule has 150 valence electrons. The summed E-state index contributed by atoms with van der Waals surface area (Å²) in [6.07, 6.45) is 15.6. The molecule has 25 heavy (non-hydrogen) atoms. The molecular formula is C21H42O4.